The molecule has 10 heteroatoms. The zero-order valence-electron chi connectivity index (χ0n) is 16.8. The van der Waals surface area contributed by atoms with E-state index in [9.17, 15) is 4.39 Å². The Morgan fingerprint density at radius 3 is 2.57 bits per heavy atom. The molecule has 1 unspecified atom stereocenters. The van der Waals surface area contributed by atoms with E-state index in [1.54, 1.807) is 28.0 Å². The van der Waals surface area contributed by atoms with Crippen molar-refractivity contribution in [3.05, 3.63) is 48.0 Å². The van der Waals surface area contributed by atoms with Gasteiger partial charge < -0.3 is 9.42 Å². The SMILES string of the molecule is CCc1noc(C(C)N2CCN(c3nn4cc(-c5ccc(F)cc5)nc4s3)CC2)n1. The Morgan fingerprint density at radius 1 is 1.13 bits per heavy atom. The molecule has 156 valence electrons. The molecule has 0 bridgehead atoms. The number of imidazole rings is 1. The fourth-order valence-electron chi connectivity index (χ4n) is 3.61. The molecule has 3 aromatic heterocycles. The maximum atomic E-state index is 13.1. The van der Waals surface area contributed by atoms with Gasteiger partial charge in [0.2, 0.25) is 16.0 Å². The maximum absolute atomic E-state index is 13.1. The first kappa shape index (κ1) is 19.1. The largest absolute Gasteiger partial charge is 0.344 e. The number of rotatable bonds is 5. The third-order valence-electron chi connectivity index (χ3n) is 5.46. The van der Waals surface area contributed by atoms with E-state index in [4.69, 9.17) is 9.62 Å². The normalized spacial score (nSPS) is 16.4. The summed E-state index contributed by atoms with van der Waals surface area (Å²) in [7, 11) is 0. The predicted molar refractivity (Wildman–Crippen MR) is 112 cm³/mol. The molecule has 1 saturated heterocycles. The van der Waals surface area contributed by atoms with Gasteiger partial charge in [0, 0.05) is 38.2 Å². The first-order chi connectivity index (χ1) is 14.6. The van der Waals surface area contributed by atoms with Crippen molar-refractivity contribution in [2.75, 3.05) is 31.1 Å². The van der Waals surface area contributed by atoms with E-state index >= 15 is 0 Å². The van der Waals surface area contributed by atoms with Crippen molar-refractivity contribution in [1.29, 1.82) is 0 Å². The van der Waals surface area contributed by atoms with Crippen molar-refractivity contribution in [1.82, 2.24) is 29.6 Å². The topological polar surface area (TPSA) is 75.6 Å². The number of halogens is 1. The molecule has 1 aliphatic heterocycles. The number of hydrogen-bond donors (Lipinski definition) is 0. The van der Waals surface area contributed by atoms with Crippen LogP contribution in [-0.2, 0) is 6.42 Å². The third kappa shape index (κ3) is 3.56. The molecule has 1 fully saturated rings. The molecule has 0 amide bonds. The standard InChI is InChI=1S/C20H22FN7OS/c1-3-17-23-18(29-25-17)13(2)26-8-10-27(11-9-26)20-24-28-12-16(22-19(28)30-20)14-4-6-15(21)7-5-14/h4-7,12-13H,3,8-11H2,1-2H3. The summed E-state index contributed by atoms with van der Waals surface area (Å²) >= 11 is 1.57. The molecule has 1 atom stereocenters. The van der Waals surface area contributed by atoms with E-state index in [2.05, 4.69) is 31.8 Å². The summed E-state index contributed by atoms with van der Waals surface area (Å²) in [5.74, 6) is 1.18. The summed E-state index contributed by atoms with van der Waals surface area (Å²) < 4.78 is 20.4. The highest BCUT2D eigenvalue weighted by Crippen LogP contribution is 2.28. The van der Waals surface area contributed by atoms with Crippen LogP contribution in [0, 0.1) is 5.82 Å². The fourth-order valence-corrected chi connectivity index (χ4v) is 4.55. The summed E-state index contributed by atoms with van der Waals surface area (Å²) in [5, 5.41) is 9.67. The fraction of sp³-hybridized carbons (Fsp3) is 0.400. The van der Waals surface area contributed by atoms with E-state index < -0.39 is 0 Å². The van der Waals surface area contributed by atoms with Gasteiger partial charge in [0.1, 0.15) is 5.82 Å². The van der Waals surface area contributed by atoms with Crippen molar-refractivity contribution < 1.29 is 8.91 Å². The molecule has 0 spiro atoms. The zero-order valence-corrected chi connectivity index (χ0v) is 17.6. The van der Waals surface area contributed by atoms with Gasteiger partial charge in [-0.1, -0.05) is 23.4 Å². The number of benzene rings is 1. The van der Waals surface area contributed by atoms with Crippen molar-refractivity contribution in [2.45, 2.75) is 26.3 Å². The minimum atomic E-state index is -0.251. The quantitative estimate of drug-likeness (QED) is 0.483. The molecule has 0 radical (unpaired) electrons. The van der Waals surface area contributed by atoms with Gasteiger partial charge in [-0.25, -0.2) is 13.9 Å². The zero-order chi connectivity index (χ0) is 20.7. The van der Waals surface area contributed by atoms with Crippen LogP contribution in [0.1, 0.15) is 31.6 Å². The van der Waals surface area contributed by atoms with Gasteiger partial charge >= 0.3 is 0 Å². The first-order valence-electron chi connectivity index (χ1n) is 10.0. The number of fused-ring (bicyclic) bond motifs is 1. The Labute approximate surface area is 176 Å². The molecule has 4 heterocycles. The van der Waals surface area contributed by atoms with Gasteiger partial charge in [-0.2, -0.15) is 4.98 Å². The first-order valence-corrected chi connectivity index (χ1v) is 10.9. The lowest BCUT2D eigenvalue weighted by molar-refractivity contribution is 0.164. The van der Waals surface area contributed by atoms with Crippen LogP contribution in [0.15, 0.2) is 35.0 Å². The van der Waals surface area contributed by atoms with E-state index in [-0.39, 0.29) is 11.9 Å². The van der Waals surface area contributed by atoms with E-state index in [0.29, 0.717) is 5.89 Å². The Hall–Kier alpha value is -2.85. The lowest BCUT2D eigenvalue weighted by Crippen LogP contribution is -2.47. The Kier molecular flexibility index (Phi) is 4.95. The highest BCUT2D eigenvalue weighted by atomic mass is 32.1. The predicted octanol–water partition coefficient (Wildman–Crippen LogP) is 3.43. The van der Waals surface area contributed by atoms with Gasteiger partial charge in [0.05, 0.1) is 17.9 Å². The van der Waals surface area contributed by atoms with Crippen LogP contribution in [0.25, 0.3) is 16.2 Å². The van der Waals surface area contributed by atoms with E-state index in [1.807, 2.05) is 13.1 Å². The molecule has 0 aliphatic carbocycles. The van der Waals surface area contributed by atoms with Gasteiger partial charge in [-0.3, -0.25) is 4.90 Å². The summed E-state index contributed by atoms with van der Waals surface area (Å²) in [6.07, 6.45) is 2.67. The Morgan fingerprint density at radius 2 is 1.90 bits per heavy atom. The van der Waals surface area contributed by atoms with Crippen LogP contribution in [0.3, 0.4) is 0 Å². The number of piperazine rings is 1. The molecule has 1 aromatic carbocycles. The molecular weight excluding hydrogens is 405 g/mol. The molecule has 0 N–H and O–H groups in total. The second-order valence-electron chi connectivity index (χ2n) is 7.35. The second-order valence-corrected chi connectivity index (χ2v) is 8.28. The van der Waals surface area contributed by atoms with Crippen molar-refractivity contribution >= 4 is 21.4 Å². The second kappa shape index (κ2) is 7.77. The summed E-state index contributed by atoms with van der Waals surface area (Å²) in [6, 6.07) is 6.46. The average molecular weight is 428 g/mol. The number of aryl methyl sites for hydroxylation is 1. The molecule has 0 saturated carbocycles. The van der Waals surface area contributed by atoms with Crippen molar-refractivity contribution in [2.24, 2.45) is 0 Å². The van der Waals surface area contributed by atoms with Gasteiger partial charge in [0.25, 0.3) is 0 Å². The number of aromatic nitrogens is 5. The van der Waals surface area contributed by atoms with E-state index in [0.717, 1.165) is 59.8 Å². The summed E-state index contributed by atoms with van der Waals surface area (Å²) in [5.41, 5.74) is 1.68. The van der Waals surface area contributed by atoms with Crippen molar-refractivity contribution in [3.63, 3.8) is 0 Å². The molecule has 8 nitrogen and oxygen atoms in total. The van der Waals surface area contributed by atoms with Crippen molar-refractivity contribution in [3.8, 4) is 11.3 Å². The monoisotopic (exact) mass is 427 g/mol. The molecule has 5 rings (SSSR count). The smallest absolute Gasteiger partial charge is 0.243 e. The summed E-state index contributed by atoms with van der Waals surface area (Å²) in [4.78, 5) is 14.6. The Balaban J connectivity index is 1.25. The van der Waals surface area contributed by atoms with Crippen LogP contribution < -0.4 is 4.90 Å². The van der Waals surface area contributed by atoms with Gasteiger partial charge in [-0.15, -0.1) is 5.10 Å². The third-order valence-corrected chi connectivity index (χ3v) is 6.45. The van der Waals surface area contributed by atoms with Crippen LogP contribution in [0.2, 0.25) is 0 Å². The number of nitrogens with zero attached hydrogens (tertiary/aromatic N) is 7. The highest BCUT2D eigenvalue weighted by Gasteiger charge is 2.27. The molecule has 4 aromatic rings. The van der Waals surface area contributed by atoms with Gasteiger partial charge in [0.15, 0.2) is 5.82 Å². The van der Waals surface area contributed by atoms with Crippen LogP contribution in [0.5, 0.6) is 0 Å². The maximum Gasteiger partial charge on any atom is 0.243 e. The van der Waals surface area contributed by atoms with Gasteiger partial charge in [-0.05, 0) is 31.2 Å². The number of anilines is 1. The average Bonchev–Trinajstić information content (AvgIpc) is 3.49. The van der Waals surface area contributed by atoms with Crippen LogP contribution in [-0.4, -0.2) is 55.8 Å². The lowest BCUT2D eigenvalue weighted by atomic mass is 10.2. The van der Waals surface area contributed by atoms with E-state index in [1.165, 1.54) is 12.1 Å². The molecule has 30 heavy (non-hydrogen) atoms. The molecule has 1 aliphatic rings. The molecular formula is C20H22FN7OS. The highest BCUT2D eigenvalue weighted by molar-refractivity contribution is 7.20. The summed E-state index contributed by atoms with van der Waals surface area (Å²) in [6.45, 7) is 7.67. The lowest BCUT2D eigenvalue weighted by Gasteiger charge is -2.36. The Bertz CT molecular complexity index is 1110. The van der Waals surface area contributed by atoms with Crippen LogP contribution in [0.4, 0.5) is 9.52 Å². The minimum absolute atomic E-state index is 0.104. The number of hydrogen-bond acceptors (Lipinski definition) is 8. The van der Waals surface area contributed by atoms with Crippen LogP contribution >= 0.6 is 11.3 Å². The minimum Gasteiger partial charge on any atom is -0.344 e.